The lowest BCUT2D eigenvalue weighted by atomic mass is 9.78. The second-order valence-electron chi connectivity index (χ2n) is 9.85. The van der Waals surface area contributed by atoms with E-state index in [1.54, 1.807) is 10.9 Å². The largest absolute Gasteiger partial charge is 0.464 e. The van der Waals surface area contributed by atoms with Crippen molar-refractivity contribution in [1.82, 2.24) is 19.7 Å². The van der Waals surface area contributed by atoms with Crippen LogP contribution in [-0.4, -0.2) is 51.1 Å². The average molecular weight is 481 g/mol. The Morgan fingerprint density at radius 3 is 2.73 bits per heavy atom. The van der Waals surface area contributed by atoms with Gasteiger partial charge < -0.3 is 4.74 Å². The Hall–Kier alpha value is -1.87. The second-order valence-corrected chi connectivity index (χ2v) is 10.9. The molecule has 4 rings (SSSR count). The number of hydrogen-bond donors (Lipinski definition) is 0. The summed E-state index contributed by atoms with van der Waals surface area (Å²) in [6.07, 6.45) is 11.6. The maximum Gasteiger partial charge on any atom is 0.278 e. The molecule has 0 amide bonds. The quantitative estimate of drug-likeness (QED) is 0.495. The van der Waals surface area contributed by atoms with Crippen LogP contribution in [0, 0.1) is 11.8 Å². The van der Waals surface area contributed by atoms with Crippen LogP contribution in [0.3, 0.4) is 0 Å². The minimum absolute atomic E-state index is 0.324. The summed E-state index contributed by atoms with van der Waals surface area (Å²) in [5.74, 6) is -1.28. The molecule has 1 fully saturated rings. The average Bonchev–Trinajstić information content (AvgIpc) is 3.36. The first-order valence-electron chi connectivity index (χ1n) is 11.9. The van der Waals surface area contributed by atoms with Gasteiger partial charge in [0.2, 0.25) is 0 Å². The zero-order chi connectivity index (χ0) is 23.4. The van der Waals surface area contributed by atoms with Crippen molar-refractivity contribution in [3.05, 3.63) is 28.5 Å². The summed E-state index contributed by atoms with van der Waals surface area (Å²) in [6.45, 7) is 3.03. The molecular formula is C24H34F2N4O2S. The van der Waals surface area contributed by atoms with E-state index in [0.717, 1.165) is 67.9 Å². The predicted molar refractivity (Wildman–Crippen MR) is 124 cm³/mol. The van der Waals surface area contributed by atoms with Gasteiger partial charge in [0, 0.05) is 51.0 Å². The van der Waals surface area contributed by atoms with Crippen LogP contribution in [0.25, 0.3) is 0 Å². The molecule has 0 saturated heterocycles. The maximum atomic E-state index is 13.0. The highest BCUT2D eigenvalue weighted by atomic mass is 32.1. The van der Waals surface area contributed by atoms with Crippen molar-refractivity contribution in [2.75, 3.05) is 19.7 Å². The standard InChI is InChI=1S/C24H34F2N4O2S/c1-24(25,26)16-32-23-28-21-15-30(10-8-22(21)33-23)9-7-17-3-5-18(6-4-17)11-20(31)12-19-13-27-29(2)14-19/h13-14,17-18H,3-12,15-16H2,1-2H3. The molecule has 2 aromatic heterocycles. The number of ketones is 1. The number of alkyl halides is 2. The summed E-state index contributed by atoms with van der Waals surface area (Å²) in [5, 5.41) is 4.50. The first-order valence-corrected chi connectivity index (χ1v) is 12.8. The van der Waals surface area contributed by atoms with E-state index >= 15 is 0 Å². The van der Waals surface area contributed by atoms with E-state index in [1.807, 2.05) is 13.2 Å². The summed E-state index contributed by atoms with van der Waals surface area (Å²) >= 11 is 1.41. The lowest BCUT2D eigenvalue weighted by Crippen LogP contribution is -2.32. The Morgan fingerprint density at radius 1 is 1.27 bits per heavy atom. The number of thiazole rings is 1. The van der Waals surface area contributed by atoms with Gasteiger partial charge in [0.1, 0.15) is 5.78 Å². The Kier molecular flexibility index (Phi) is 7.79. The van der Waals surface area contributed by atoms with Crippen molar-refractivity contribution >= 4 is 17.1 Å². The maximum absolute atomic E-state index is 13.0. The summed E-state index contributed by atoms with van der Waals surface area (Å²) < 4.78 is 33.0. The van der Waals surface area contributed by atoms with Crippen LogP contribution in [-0.2, 0) is 31.2 Å². The molecule has 0 unspecified atom stereocenters. The molecule has 0 N–H and O–H groups in total. The number of nitrogens with zero attached hydrogens (tertiary/aromatic N) is 4. The van der Waals surface area contributed by atoms with Crippen LogP contribution in [0.4, 0.5) is 8.78 Å². The summed E-state index contributed by atoms with van der Waals surface area (Å²) in [6, 6.07) is 0. The Morgan fingerprint density at radius 2 is 2.03 bits per heavy atom. The van der Waals surface area contributed by atoms with E-state index in [9.17, 15) is 13.6 Å². The van der Waals surface area contributed by atoms with E-state index < -0.39 is 12.5 Å². The molecule has 0 spiro atoms. The van der Waals surface area contributed by atoms with Gasteiger partial charge in [-0.1, -0.05) is 24.2 Å². The Balaban J connectivity index is 1.15. The molecule has 6 nitrogen and oxygen atoms in total. The van der Waals surface area contributed by atoms with Gasteiger partial charge in [0.25, 0.3) is 11.1 Å². The summed E-state index contributed by atoms with van der Waals surface area (Å²) in [5.41, 5.74) is 1.99. The zero-order valence-electron chi connectivity index (χ0n) is 19.6. The van der Waals surface area contributed by atoms with Gasteiger partial charge in [-0.05, 0) is 49.6 Å². The normalized spacial score (nSPS) is 21.7. The van der Waals surface area contributed by atoms with Gasteiger partial charge in [-0.3, -0.25) is 14.4 Å². The zero-order valence-corrected chi connectivity index (χ0v) is 20.4. The Bertz CT molecular complexity index is 931. The molecule has 9 heteroatoms. The van der Waals surface area contributed by atoms with E-state index in [1.165, 1.54) is 30.6 Å². The van der Waals surface area contributed by atoms with Crippen molar-refractivity contribution in [3.63, 3.8) is 0 Å². The van der Waals surface area contributed by atoms with Crippen molar-refractivity contribution in [2.45, 2.75) is 70.8 Å². The minimum atomic E-state index is -2.84. The van der Waals surface area contributed by atoms with Crippen molar-refractivity contribution < 1.29 is 18.3 Å². The number of Topliss-reactive ketones (excluding diaryl/α,β-unsaturated/α-hetero) is 1. The number of ether oxygens (including phenoxy) is 1. The number of hydrogen-bond acceptors (Lipinski definition) is 6. The molecule has 0 radical (unpaired) electrons. The van der Waals surface area contributed by atoms with Gasteiger partial charge in [0.15, 0.2) is 6.61 Å². The predicted octanol–water partition coefficient (Wildman–Crippen LogP) is 4.67. The van der Waals surface area contributed by atoms with Crippen molar-refractivity contribution in [2.24, 2.45) is 18.9 Å². The third kappa shape index (κ3) is 7.30. The molecule has 0 bridgehead atoms. The van der Waals surface area contributed by atoms with E-state index in [2.05, 4.69) is 15.0 Å². The Labute approximate surface area is 198 Å². The fourth-order valence-electron chi connectivity index (χ4n) is 4.94. The van der Waals surface area contributed by atoms with Gasteiger partial charge in [-0.25, -0.2) is 13.8 Å². The topological polar surface area (TPSA) is 60.2 Å². The number of carbonyl (C=O) groups excluding carboxylic acids is 1. The smallest absolute Gasteiger partial charge is 0.278 e. The molecular weight excluding hydrogens is 446 g/mol. The minimum Gasteiger partial charge on any atom is -0.464 e. The molecule has 3 heterocycles. The van der Waals surface area contributed by atoms with E-state index in [0.29, 0.717) is 29.7 Å². The first-order chi connectivity index (χ1) is 15.7. The summed E-state index contributed by atoms with van der Waals surface area (Å²) in [7, 11) is 1.87. The fourth-order valence-corrected chi connectivity index (χ4v) is 5.85. The lowest BCUT2D eigenvalue weighted by molar-refractivity contribution is -0.119. The van der Waals surface area contributed by atoms with Crippen LogP contribution >= 0.6 is 11.3 Å². The highest BCUT2D eigenvalue weighted by molar-refractivity contribution is 7.13. The SMILES string of the molecule is Cn1cc(CC(=O)CC2CCC(CCN3CCc4sc(OCC(C)(F)F)nc4C3)CC2)cn1. The number of carbonyl (C=O) groups is 1. The van der Waals surface area contributed by atoms with E-state index in [-0.39, 0.29) is 0 Å². The van der Waals surface area contributed by atoms with Gasteiger partial charge in [-0.2, -0.15) is 5.10 Å². The third-order valence-corrected chi connectivity index (χ3v) is 7.80. The van der Waals surface area contributed by atoms with Crippen LogP contribution in [0.5, 0.6) is 5.19 Å². The van der Waals surface area contributed by atoms with Gasteiger partial charge in [-0.15, -0.1) is 0 Å². The molecule has 1 aliphatic carbocycles. The number of aryl methyl sites for hydroxylation is 1. The van der Waals surface area contributed by atoms with Gasteiger partial charge in [0.05, 0.1) is 11.9 Å². The fraction of sp³-hybridized carbons (Fsp3) is 0.708. The molecule has 1 saturated carbocycles. The monoisotopic (exact) mass is 480 g/mol. The second kappa shape index (κ2) is 10.6. The van der Waals surface area contributed by atoms with Crippen LogP contribution in [0.1, 0.15) is 61.6 Å². The van der Waals surface area contributed by atoms with E-state index in [4.69, 9.17) is 4.74 Å². The molecule has 0 atom stereocenters. The molecule has 182 valence electrons. The van der Waals surface area contributed by atoms with Crippen molar-refractivity contribution in [1.29, 1.82) is 0 Å². The number of halogens is 2. The van der Waals surface area contributed by atoms with Crippen LogP contribution in [0.15, 0.2) is 12.4 Å². The van der Waals surface area contributed by atoms with Crippen LogP contribution in [0.2, 0.25) is 0 Å². The highest BCUT2D eigenvalue weighted by Gasteiger charge is 2.27. The molecule has 0 aromatic carbocycles. The lowest BCUT2D eigenvalue weighted by Gasteiger charge is -2.31. The summed E-state index contributed by atoms with van der Waals surface area (Å²) in [4.78, 5) is 20.4. The highest BCUT2D eigenvalue weighted by Crippen LogP contribution is 2.34. The van der Waals surface area contributed by atoms with Crippen molar-refractivity contribution in [3.8, 4) is 5.19 Å². The first kappa shape index (κ1) is 24.3. The molecule has 1 aliphatic heterocycles. The number of fused-ring (bicyclic) bond motifs is 1. The van der Waals surface area contributed by atoms with Crippen LogP contribution < -0.4 is 4.74 Å². The molecule has 2 aromatic rings. The van der Waals surface area contributed by atoms with Gasteiger partial charge >= 0.3 is 0 Å². The molecule has 2 aliphatic rings. The molecule has 33 heavy (non-hydrogen) atoms. The number of aromatic nitrogens is 3. The third-order valence-electron chi connectivity index (χ3n) is 6.73. The number of rotatable bonds is 10.